The fraction of sp³-hybridized carbons (Fsp3) is 0.250. The standard InChI is InChI=1S/C8H7F3N2O2/c1-15-7(14)5-4(12)2-3-13-6(5)8(9,10)11/h2-3H,1H3,(H2,12,13). The molecule has 0 spiro atoms. The summed E-state index contributed by atoms with van der Waals surface area (Å²) in [6, 6.07) is 1.10. The molecule has 0 aliphatic rings. The van der Waals surface area contributed by atoms with E-state index in [9.17, 15) is 18.0 Å². The fourth-order valence-corrected chi connectivity index (χ4v) is 1.01. The molecule has 0 unspecified atom stereocenters. The molecule has 1 heterocycles. The Labute approximate surface area is 82.9 Å². The van der Waals surface area contributed by atoms with E-state index in [0.29, 0.717) is 0 Å². The lowest BCUT2D eigenvalue weighted by Gasteiger charge is -2.11. The molecule has 1 aromatic heterocycles. The molecule has 2 N–H and O–H groups in total. The van der Waals surface area contributed by atoms with Crippen molar-refractivity contribution in [2.75, 3.05) is 12.8 Å². The van der Waals surface area contributed by atoms with Crippen LogP contribution < -0.4 is 5.73 Å². The molecule has 4 nitrogen and oxygen atoms in total. The number of esters is 1. The molecule has 0 amide bonds. The molecular formula is C8H7F3N2O2. The maximum atomic E-state index is 12.4. The summed E-state index contributed by atoms with van der Waals surface area (Å²) in [7, 11) is 0.967. The Kier molecular flexibility index (Phi) is 2.83. The summed E-state index contributed by atoms with van der Waals surface area (Å²) < 4.78 is 41.4. The minimum absolute atomic E-state index is 0.316. The van der Waals surface area contributed by atoms with Crippen LogP contribution in [0.25, 0.3) is 0 Å². The van der Waals surface area contributed by atoms with Gasteiger partial charge in [0.05, 0.1) is 7.11 Å². The highest BCUT2D eigenvalue weighted by Crippen LogP contribution is 2.32. The monoisotopic (exact) mass is 220 g/mol. The van der Waals surface area contributed by atoms with Gasteiger partial charge in [-0.15, -0.1) is 0 Å². The predicted molar refractivity (Wildman–Crippen MR) is 45.0 cm³/mol. The maximum Gasteiger partial charge on any atom is 0.434 e. The van der Waals surface area contributed by atoms with Crippen LogP contribution in [0.3, 0.4) is 0 Å². The van der Waals surface area contributed by atoms with E-state index in [2.05, 4.69) is 9.72 Å². The molecule has 0 aliphatic carbocycles. The van der Waals surface area contributed by atoms with Crippen molar-refractivity contribution in [2.45, 2.75) is 6.18 Å². The molecule has 0 fully saturated rings. The van der Waals surface area contributed by atoms with Gasteiger partial charge in [-0.1, -0.05) is 0 Å². The Bertz CT molecular complexity index is 390. The van der Waals surface area contributed by atoms with Crippen molar-refractivity contribution in [3.05, 3.63) is 23.5 Å². The third-order valence-corrected chi connectivity index (χ3v) is 1.64. The summed E-state index contributed by atoms with van der Waals surface area (Å²) in [4.78, 5) is 14.1. The van der Waals surface area contributed by atoms with E-state index in [1.807, 2.05) is 0 Å². The number of ether oxygens (including phenoxy) is 1. The van der Waals surface area contributed by atoms with Gasteiger partial charge in [0.2, 0.25) is 0 Å². The lowest BCUT2D eigenvalue weighted by molar-refractivity contribution is -0.141. The lowest BCUT2D eigenvalue weighted by atomic mass is 10.1. The number of halogens is 3. The largest absolute Gasteiger partial charge is 0.465 e. The first kappa shape index (κ1) is 11.3. The summed E-state index contributed by atoms with van der Waals surface area (Å²) >= 11 is 0. The number of hydrogen-bond acceptors (Lipinski definition) is 4. The van der Waals surface area contributed by atoms with Crippen LogP contribution in [-0.4, -0.2) is 18.1 Å². The highest BCUT2D eigenvalue weighted by molar-refractivity contribution is 5.96. The first-order valence-electron chi connectivity index (χ1n) is 3.78. The van der Waals surface area contributed by atoms with E-state index < -0.39 is 23.4 Å². The second kappa shape index (κ2) is 3.76. The van der Waals surface area contributed by atoms with E-state index in [0.717, 1.165) is 19.4 Å². The van der Waals surface area contributed by atoms with Crippen LogP contribution in [0.2, 0.25) is 0 Å². The quantitative estimate of drug-likeness (QED) is 0.728. The maximum absolute atomic E-state index is 12.4. The highest BCUT2D eigenvalue weighted by atomic mass is 19.4. The first-order chi connectivity index (χ1) is 6.88. The Morgan fingerprint density at radius 3 is 2.60 bits per heavy atom. The van der Waals surface area contributed by atoms with Gasteiger partial charge >= 0.3 is 12.1 Å². The van der Waals surface area contributed by atoms with Crippen molar-refractivity contribution in [3.8, 4) is 0 Å². The molecule has 1 aromatic rings. The minimum Gasteiger partial charge on any atom is -0.465 e. The number of anilines is 1. The van der Waals surface area contributed by atoms with E-state index in [4.69, 9.17) is 5.73 Å². The molecule has 0 bridgehead atoms. The van der Waals surface area contributed by atoms with Crippen LogP contribution in [0.4, 0.5) is 18.9 Å². The molecule has 0 atom stereocenters. The van der Waals surface area contributed by atoms with Crippen LogP contribution in [0, 0.1) is 0 Å². The molecule has 15 heavy (non-hydrogen) atoms. The molecule has 82 valence electrons. The number of nitrogens with two attached hydrogens (primary N) is 1. The van der Waals surface area contributed by atoms with Gasteiger partial charge < -0.3 is 10.5 Å². The molecule has 0 aromatic carbocycles. The second-order valence-corrected chi connectivity index (χ2v) is 2.61. The molecule has 0 radical (unpaired) electrons. The number of rotatable bonds is 1. The van der Waals surface area contributed by atoms with Gasteiger partial charge in [-0.2, -0.15) is 13.2 Å². The fourth-order valence-electron chi connectivity index (χ4n) is 1.01. The van der Waals surface area contributed by atoms with E-state index in [-0.39, 0.29) is 5.69 Å². The SMILES string of the molecule is COC(=O)c1c(N)ccnc1C(F)(F)F. The van der Waals surface area contributed by atoms with Crippen LogP contribution in [-0.2, 0) is 10.9 Å². The van der Waals surface area contributed by atoms with Gasteiger partial charge in [-0.05, 0) is 6.07 Å². The number of methoxy groups -OCH3 is 1. The van der Waals surface area contributed by atoms with Gasteiger partial charge in [-0.25, -0.2) is 4.79 Å². The van der Waals surface area contributed by atoms with Crippen LogP contribution in [0.5, 0.6) is 0 Å². The molecular weight excluding hydrogens is 213 g/mol. The minimum atomic E-state index is -4.74. The number of alkyl halides is 3. The van der Waals surface area contributed by atoms with E-state index in [1.165, 1.54) is 0 Å². The van der Waals surface area contributed by atoms with Gasteiger partial charge in [-0.3, -0.25) is 4.98 Å². The van der Waals surface area contributed by atoms with Crippen molar-refractivity contribution < 1.29 is 22.7 Å². The number of carbonyl (C=O) groups excluding carboxylic acids is 1. The van der Waals surface area contributed by atoms with Crippen molar-refractivity contribution in [3.63, 3.8) is 0 Å². The number of nitrogen functional groups attached to an aromatic ring is 1. The van der Waals surface area contributed by atoms with Crippen LogP contribution in [0.15, 0.2) is 12.3 Å². The normalized spacial score (nSPS) is 11.2. The zero-order valence-corrected chi connectivity index (χ0v) is 7.63. The summed E-state index contributed by atoms with van der Waals surface area (Å²) in [6.45, 7) is 0. The number of aromatic nitrogens is 1. The third kappa shape index (κ3) is 2.17. The Morgan fingerprint density at radius 1 is 1.53 bits per heavy atom. The average molecular weight is 220 g/mol. The highest BCUT2D eigenvalue weighted by Gasteiger charge is 2.38. The van der Waals surface area contributed by atoms with Crippen molar-refractivity contribution in [2.24, 2.45) is 0 Å². The van der Waals surface area contributed by atoms with Gasteiger partial charge in [0, 0.05) is 11.9 Å². The third-order valence-electron chi connectivity index (χ3n) is 1.64. The number of nitrogens with zero attached hydrogens (tertiary/aromatic N) is 1. The zero-order chi connectivity index (χ0) is 11.6. The van der Waals surface area contributed by atoms with Crippen molar-refractivity contribution in [1.29, 1.82) is 0 Å². The van der Waals surface area contributed by atoms with E-state index in [1.54, 1.807) is 0 Å². The number of hydrogen-bond donors (Lipinski definition) is 1. The lowest BCUT2D eigenvalue weighted by Crippen LogP contribution is -2.18. The Balaban J connectivity index is 3.40. The van der Waals surface area contributed by atoms with Crippen molar-refractivity contribution >= 4 is 11.7 Å². The number of carbonyl (C=O) groups is 1. The molecule has 0 saturated heterocycles. The van der Waals surface area contributed by atoms with E-state index >= 15 is 0 Å². The summed E-state index contributed by atoms with van der Waals surface area (Å²) in [5.41, 5.74) is 2.84. The molecule has 0 saturated carbocycles. The van der Waals surface area contributed by atoms with Crippen molar-refractivity contribution in [1.82, 2.24) is 4.98 Å². The van der Waals surface area contributed by atoms with Gasteiger partial charge in [0.15, 0.2) is 5.69 Å². The second-order valence-electron chi connectivity index (χ2n) is 2.61. The van der Waals surface area contributed by atoms with Gasteiger partial charge in [0.1, 0.15) is 5.56 Å². The Morgan fingerprint density at radius 2 is 2.13 bits per heavy atom. The summed E-state index contributed by atoms with van der Waals surface area (Å²) in [5, 5.41) is 0. The van der Waals surface area contributed by atoms with Crippen LogP contribution >= 0.6 is 0 Å². The smallest absolute Gasteiger partial charge is 0.434 e. The van der Waals surface area contributed by atoms with Gasteiger partial charge in [0.25, 0.3) is 0 Å². The Hall–Kier alpha value is -1.79. The molecule has 0 aliphatic heterocycles. The predicted octanol–water partition coefficient (Wildman–Crippen LogP) is 1.47. The first-order valence-corrected chi connectivity index (χ1v) is 3.78. The topological polar surface area (TPSA) is 65.2 Å². The zero-order valence-electron chi connectivity index (χ0n) is 7.63. The summed E-state index contributed by atoms with van der Waals surface area (Å²) in [6.07, 6.45) is -3.86. The number of pyridine rings is 1. The molecule has 7 heteroatoms. The average Bonchev–Trinajstić information content (AvgIpc) is 2.15. The van der Waals surface area contributed by atoms with Crippen LogP contribution in [0.1, 0.15) is 16.1 Å². The summed E-state index contributed by atoms with van der Waals surface area (Å²) in [5.74, 6) is -1.16. The molecule has 1 rings (SSSR count).